The lowest BCUT2D eigenvalue weighted by atomic mass is 10.1. The molecule has 0 aliphatic carbocycles. The highest BCUT2D eigenvalue weighted by atomic mass is 32.2. The number of sulfonamides is 1. The van der Waals surface area contributed by atoms with Crippen LogP contribution < -0.4 is 5.73 Å². The van der Waals surface area contributed by atoms with Gasteiger partial charge in [-0.2, -0.15) is 0 Å². The molecular weight excluding hydrogens is 364 g/mol. The average Bonchev–Trinajstić information content (AvgIpc) is 2.55. The number of amides is 1. The maximum absolute atomic E-state index is 13.1. The number of rotatable bonds is 5. The Labute approximate surface area is 161 Å². The summed E-state index contributed by atoms with van der Waals surface area (Å²) >= 11 is 0. The summed E-state index contributed by atoms with van der Waals surface area (Å²) in [5, 5.41) is 0. The van der Waals surface area contributed by atoms with Crippen molar-refractivity contribution in [1.82, 2.24) is 4.31 Å². The Morgan fingerprint density at radius 1 is 1.04 bits per heavy atom. The van der Waals surface area contributed by atoms with E-state index in [0.29, 0.717) is 12.1 Å². The Balaban J connectivity index is 2.31. The van der Waals surface area contributed by atoms with E-state index in [4.69, 9.17) is 10.5 Å². The highest BCUT2D eigenvalue weighted by Crippen LogP contribution is 2.20. The molecule has 0 saturated carbocycles. The van der Waals surface area contributed by atoms with Crippen molar-refractivity contribution < 1.29 is 17.9 Å². The van der Waals surface area contributed by atoms with E-state index in [1.807, 2.05) is 6.92 Å². The van der Waals surface area contributed by atoms with Gasteiger partial charge >= 0.3 is 6.09 Å². The summed E-state index contributed by atoms with van der Waals surface area (Å²) in [5.74, 6) is 0. The first-order valence-electron chi connectivity index (χ1n) is 8.66. The number of nitrogens with zero attached hydrogens (tertiary/aromatic N) is 1. The Morgan fingerprint density at radius 2 is 1.59 bits per heavy atom. The van der Waals surface area contributed by atoms with Gasteiger partial charge in [-0.1, -0.05) is 29.8 Å². The second kappa shape index (κ2) is 8.00. The molecule has 2 aromatic rings. The maximum Gasteiger partial charge on any atom is 0.424 e. The predicted octanol–water partition coefficient (Wildman–Crippen LogP) is 3.75. The molecule has 1 amide bonds. The van der Waals surface area contributed by atoms with Crippen LogP contribution in [0.1, 0.15) is 31.9 Å². The zero-order valence-corrected chi connectivity index (χ0v) is 16.9. The van der Waals surface area contributed by atoms with Gasteiger partial charge in [-0.15, -0.1) is 0 Å². The monoisotopic (exact) mass is 390 g/mol. The first-order valence-corrected chi connectivity index (χ1v) is 10.1. The molecule has 0 unspecified atom stereocenters. The lowest BCUT2D eigenvalue weighted by Crippen LogP contribution is -2.41. The van der Waals surface area contributed by atoms with E-state index >= 15 is 0 Å². The van der Waals surface area contributed by atoms with E-state index in [2.05, 4.69) is 0 Å². The number of ether oxygens (including phenoxy) is 1. The minimum atomic E-state index is -4.03. The fourth-order valence-corrected chi connectivity index (χ4v) is 3.67. The van der Waals surface area contributed by atoms with Crippen molar-refractivity contribution in [3.63, 3.8) is 0 Å². The standard InChI is InChI=1S/C20H26N2O4S/c1-15-5-11-18(12-6-15)27(24,25)22(19(23)26-20(2,3)4)14-13-16-7-9-17(21)10-8-16/h5-12H,13-14,21H2,1-4H3. The summed E-state index contributed by atoms with van der Waals surface area (Å²) in [4.78, 5) is 12.7. The Hall–Kier alpha value is -2.54. The molecule has 2 N–H and O–H groups in total. The first kappa shape index (κ1) is 20.8. The number of benzene rings is 2. The van der Waals surface area contributed by atoms with Crippen LogP contribution in [0.3, 0.4) is 0 Å². The highest BCUT2D eigenvalue weighted by Gasteiger charge is 2.32. The van der Waals surface area contributed by atoms with Gasteiger partial charge in [0.2, 0.25) is 0 Å². The number of carbonyl (C=O) groups is 1. The highest BCUT2D eigenvalue weighted by molar-refractivity contribution is 7.89. The van der Waals surface area contributed by atoms with Crippen molar-refractivity contribution in [2.75, 3.05) is 12.3 Å². The molecule has 146 valence electrons. The fourth-order valence-electron chi connectivity index (χ4n) is 2.37. The SMILES string of the molecule is Cc1ccc(S(=O)(=O)N(CCc2ccc(N)cc2)C(=O)OC(C)(C)C)cc1. The van der Waals surface area contributed by atoms with E-state index in [0.717, 1.165) is 15.4 Å². The number of nitrogen functional groups attached to an aromatic ring is 1. The van der Waals surface area contributed by atoms with Gasteiger partial charge in [0.15, 0.2) is 0 Å². The van der Waals surface area contributed by atoms with E-state index in [9.17, 15) is 13.2 Å². The predicted molar refractivity (Wildman–Crippen MR) is 106 cm³/mol. The molecule has 0 bridgehead atoms. The van der Waals surface area contributed by atoms with Crippen LogP contribution in [-0.2, 0) is 21.2 Å². The Bertz CT molecular complexity index is 883. The van der Waals surface area contributed by atoms with Gasteiger partial charge < -0.3 is 10.5 Å². The van der Waals surface area contributed by atoms with Crippen molar-refractivity contribution >= 4 is 21.8 Å². The third kappa shape index (κ3) is 5.72. The largest absolute Gasteiger partial charge is 0.443 e. The first-order chi connectivity index (χ1) is 12.5. The van der Waals surface area contributed by atoms with Crippen molar-refractivity contribution in [3.05, 3.63) is 59.7 Å². The lowest BCUT2D eigenvalue weighted by molar-refractivity contribution is 0.0392. The summed E-state index contributed by atoms with van der Waals surface area (Å²) in [7, 11) is -4.03. The average molecular weight is 391 g/mol. The fraction of sp³-hybridized carbons (Fsp3) is 0.350. The number of aryl methyl sites for hydroxylation is 1. The van der Waals surface area contributed by atoms with Crippen molar-refractivity contribution in [2.45, 2.75) is 44.6 Å². The molecule has 0 heterocycles. The number of nitrogens with two attached hydrogens (primary N) is 1. The van der Waals surface area contributed by atoms with E-state index in [1.54, 1.807) is 57.2 Å². The van der Waals surface area contributed by atoms with Gasteiger partial charge in [0.05, 0.1) is 4.90 Å². The topological polar surface area (TPSA) is 89.7 Å². The van der Waals surface area contributed by atoms with Crippen molar-refractivity contribution in [1.29, 1.82) is 0 Å². The molecule has 0 fully saturated rings. The molecule has 0 radical (unpaired) electrons. The van der Waals surface area contributed by atoms with Crippen LogP contribution in [0.15, 0.2) is 53.4 Å². The quantitative estimate of drug-likeness (QED) is 0.786. The molecule has 0 aliphatic heterocycles. The summed E-state index contributed by atoms with van der Waals surface area (Å²) in [6.45, 7) is 6.92. The third-order valence-electron chi connectivity index (χ3n) is 3.79. The number of anilines is 1. The minimum absolute atomic E-state index is 0.0327. The molecule has 27 heavy (non-hydrogen) atoms. The molecule has 0 saturated heterocycles. The molecule has 0 spiro atoms. The molecule has 7 heteroatoms. The second-order valence-electron chi connectivity index (χ2n) is 7.36. The zero-order valence-electron chi connectivity index (χ0n) is 16.1. The number of hydrogen-bond acceptors (Lipinski definition) is 5. The van der Waals surface area contributed by atoms with E-state index in [1.165, 1.54) is 12.1 Å². The van der Waals surface area contributed by atoms with Crippen LogP contribution in [0.2, 0.25) is 0 Å². The summed E-state index contributed by atoms with van der Waals surface area (Å²) in [6, 6.07) is 13.5. The van der Waals surface area contributed by atoms with Crippen LogP contribution in [0, 0.1) is 6.92 Å². The van der Waals surface area contributed by atoms with Crippen LogP contribution in [0.5, 0.6) is 0 Å². The third-order valence-corrected chi connectivity index (χ3v) is 5.57. The molecule has 6 nitrogen and oxygen atoms in total. The van der Waals surface area contributed by atoms with Gasteiger partial charge in [-0.05, 0) is 63.9 Å². The Kier molecular flexibility index (Phi) is 6.15. The molecule has 0 aromatic heterocycles. The summed E-state index contributed by atoms with van der Waals surface area (Å²) in [5.41, 5.74) is 7.29. The maximum atomic E-state index is 13.1. The Morgan fingerprint density at radius 3 is 2.11 bits per heavy atom. The molecule has 2 rings (SSSR count). The van der Waals surface area contributed by atoms with Gasteiger partial charge in [0.25, 0.3) is 10.0 Å². The van der Waals surface area contributed by atoms with Crippen LogP contribution >= 0.6 is 0 Å². The smallest absolute Gasteiger partial charge is 0.424 e. The van der Waals surface area contributed by atoms with Crippen molar-refractivity contribution in [2.24, 2.45) is 0 Å². The molecule has 2 aromatic carbocycles. The van der Waals surface area contributed by atoms with E-state index < -0.39 is 21.7 Å². The molecule has 0 atom stereocenters. The van der Waals surface area contributed by atoms with Gasteiger partial charge in [-0.25, -0.2) is 17.5 Å². The normalized spacial score (nSPS) is 11.9. The summed E-state index contributed by atoms with van der Waals surface area (Å²) < 4.78 is 32.2. The van der Waals surface area contributed by atoms with Gasteiger partial charge in [0, 0.05) is 12.2 Å². The molecular formula is C20H26N2O4S. The minimum Gasteiger partial charge on any atom is -0.443 e. The van der Waals surface area contributed by atoms with Crippen molar-refractivity contribution in [3.8, 4) is 0 Å². The van der Waals surface area contributed by atoms with Crippen LogP contribution in [0.4, 0.5) is 10.5 Å². The van der Waals surface area contributed by atoms with Gasteiger partial charge in [0.1, 0.15) is 5.60 Å². The number of carbonyl (C=O) groups excluding carboxylic acids is 1. The second-order valence-corrected chi connectivity index (χ2v) is 9.22. The lowest BCUT2D eigenvalue weighted by Gasteiger charge is -2.27. The van der Waals surface area contributed by atoms with Gasteiger partial charge in [-0.3, -0.25) is 0 Å². The molecule has 0 aliphatic rings. The van der Waals surface area contributed by atoms with Crippen LogP contribution in [-0.4, -0.2) is 31.0 Å². The zero-order chi connectivity index (χ0) is 20.2. The summed E-state index contributed by atoms with van der Waals surface area (Å²) in [6.07, 6.45) is -0.538. The number of hydrogen-bond donors (Lipinski definition) is 1. The van der Waals surface area contributed by atoms with Crippen LogP contribution in [0.25, 0.3) is 0 Å². The van der Waals surface area contributed by atoms with E-state index in [-0.39, 0.29) is 11.4 Å².